The highest BCUT2D eigenvalue weighted by Crippen LogP contribution is 2.16. The van der Waals surface area contributed by atoms with E-state index < -0.39 is 11.7 Å². The van der Waals surface area contributed by atoms with E-state index in [2.05, 4.69) is 5.32 Å². The van der Waals surface area contributed by atoms with Crippen molar-refractivity contribution in [2.75, 3.05) is 18.0 Å². The number of anilines is 1. The van der Waals surface area contributed by atoms with Gasteiger partial charge in [-0.05, 0) is 35.7 Å². The number of primary amides is 1. The first kappa shape index (κ1) is 18.6. The monoisotopic (exact) mass is 363 g/mol. The molecule has 0 aliphatic rings. The van der Waals surface area contributed by atoms with Crippen LogP contribution in [0.25, 0.3) is 0 Å². The lowest BCUT2D eigenvalue weighted by atomic mass is 10.2. The maximum Gasteiger partial charge on any atom is 0.252 e. The second-order valence-electron chi connectivity index (χ2n) is 5.26. The van der Waals surface area contributed by atoms with Gasteiger partial charge >= 0.3 is 0 Å². The lowest BCUT2D eigenvalue weighted by molar-refractivity contribution is -0.119. The number of nitrogens with two attached hydrogens (primary N) is 1. The minimum Gasteiger partial charge on any atom is -0.370 e. The summed E-state index contributed by atoms with van der Waals surface area (Å²) in [5.74, 6) is -1.50. The van der Waals surface area contributed by atoms with Crippen LogP contribution in [0.15, 0.2) is 41.1 Å². The van der Waals surface area contributed by atoms with Gasteiger partial charge in [0, 0.05) is 42.6 Å². The maximum absolute atomic E-state index is 13.1. The molecular weight excluding hydrogens is 345 g/mol. The molecule has 1 aromatic heterocycles. The Kier molecular flexibility index (Phi) is 6.64. The Morgan fingerprint density at radius 2 is 1.84 bits per heavy atom. The van der Waals surface area contributed by atoms with Crippen LogP contribution in [0.5, 0.6) is 0 Å². The number of benzene rings is 1. The summed E-state index contributed by atoms with van der Waals surface area (Å²) in [7, 11) is 0. The van der Waals surface area contributed by atoms with Crippen LogP contribution < -0.4 is 16.0 Å². The number of halogens is 1. The van der Waals surface area contributed by atoms with Crippen molar-refractivity contribution in [1.82, 2.24) is 5.32 Å². The number of nitrogens with zero attached hydrogens (tertiary/aromatic N) is 1. The summed E-state index contributed by atoms with van der Waals surface area (Å²) in [5.41, 5.74) is 6.16. The van der Waals surface area contributed by atoms with Crippen LogP contribution in [0.2, 0.25) is 0 Å². The highest BCUT2D eigenvalue weighted by Gasteiger charge is 2.17. The van der Waals surface area contributed by atoms with Gasteiger partial charge in [0.2, 0.25) is 11.8 Å². The van der Waals surface area contributed by atoms with Gasteiger partial charge in [0.1, 0.15) is 5.82 Å². The summed E-state index contributed by atoms with van der Waals surface area (Å²) in [4.78, 5) is 36.7. The van der Waals surface area contributed by atoms with Crippen molar-refractivity contribution >= 4 is 34.7 Å². The van der Waals surface area contributed by atoms with E-state index in [0.717, 1.165) is 0 Å². The van der Waals surface area contributed by atoms with Gasteiger partial charge in [-0.3, -0.25) is 14.4 Å². The topological polar surface area (TPSA) is 92.5 Å². The molecule has 0 saturated heterocycles. The minimum atomic E-state index is -0.536. The Morgan fingerprint density at radius 3 is 2.44 bits per heavy atom. The van der Waals surface area contributed by atoms with Crippen LogP contribution in [0.1, 0.15) is 23.2 Å². The van der Waals surface area contributed by atoms with E-state index in [-0.39, 0.29) is 37.7 Å². The van der Waals surface area contributed by atoms with Gasteiger partial charge in [0.25, 0.3) is 5.91 Å². The van der Waals surface area contributed by atoms with Crippen LogP contribution in [-0.2, 0) is 9.59 Å². The van der Waals surface area contributed by atoms with Gasteiger partial charge in [0.05, 0.1) is 0 Å². The number of amides is 3. The lowest BCUT2D eigenvalue weighted by Crippen LogP contribution is -2.36. The van der Waals surface area contributed by atoms with Gasteiger partial charge in [-0.2, -0.15) is 11.3 Å². The van der Waals surface area contributed by atoms with Crippen LogP contribution in [0.3, 0.4) is 0 Å². The second kappa shape index (κ2) is 8.93. The molecule has 1 aromatic carbocycles. The van der Waals surface area contributed by atoms with Crippen molar-refractivity contribution in [3.63, 3.8) is 0 Å². The molecule has 0 saturated carbocycles. The summed E-state index contributed by atoms with van der Waals surface area (Å²) in [6.45, 7) is 0.250. The van der Waals surface area contributed by atoms with E-state index in [1.807, 2.05) is 0 Å². The number of carbonyl (C=O) groups is 3. The first-order chi connectivity index (χ1) is 12.0. The molecule has 132 valence electrons. The van der Waals surface area contributed by atoms with Crippen LogP contribution >= 0.6 is 11.3 Å². The summed E-state index contributed by atoms with van der Waals surface area (Å²) >= 11 is 1.41. The SMILES string of the molecule is NC(=O)CCN(C(=O)CCNC(=O)c1ccsc1)c1ccc(F)cc1. The zero-order valence-electron chi connectivity index (χ0n) is 13.4. The van der Waals surface area contributed by atoms with Crippen LogP contribution in [0, 0.1) is 5.82 Å². The number of thiophene rings is 1. The molecule has 8 heteroatoms. The number of hydrogen-bond donors (Lipinski definition) is 2. The predicted molar refractivity (Wildman–Crippen MR) is 93.8 cm³/mol. The lowest BCUT2D eigenvalue weighted by Gasteiger charge is -2.22. The van der Waals surface area contributed by atoms with Crippen LogP contribution in [-0.4, -0.2) is 30.8 Å². The highest BCUT2D eigenvalue weighted by molar-refractivity contribution is 7.08. The van der Waals surface area contributed by atoms with Crippen molar-refractivity contribution in [3.8, 4) is 0 Å². The van der Waals surface area contributed by atoms with Gasteiger partial charge in [-0.15, -0.1) is 0 Å². The summed E-state index contributed by atoms with van der Waals surface area (Å²) in [6, 6.07) is 7.08. The number of nitrogens with one attached hydrogen (secondary N) is 1. The molecule has 0 aliphatic heterocycles. The largest absolute Gasteiger partial charge is 0.370 e. The molecule has 3 N–H and O–H groups in total. The van der Waals surface area contributed by atoms with Crippen molar-refractivity contribution in [2.45, 2.75) is 12.8 Å². The second-order valence-corrected chi connectivity index (χ2v) is 6.04. The average molecular weight is 363 g/mol. The van der Waals surface area contributed by atoms with Gasteiger partial charge in [0.15, 0.2) is 0 Å². The quantitative estimate of drug-likeness (QED) is 0.750. The molecule has 6 nitrogen and oxygen atoms in total. The fraction of sp³-hybridized carbons (Fsp3) is 0.235. The molecule has 0 spiro atoms. The Morgan fingerprint density at radius 1 is 1.12 bits per heavy atom. The molecule has 0 unspecified atom stereocenters. The zero-order chi connectivity index (χ0) is 18.2. The van der Waals surface area contributed by atoms with Crippen molar-refractivity contribution in [3.05, 3.63) is 52.5 Å². The summed E-state index contributed by atoms with van der Waals surface area (Å²) < 4.78 is 13.1. The first-order valence-corrected chi connectivity index (χ1v) is 8.56. The number of carbonyl (C=O) groups excluding carboxylic acids is 3. The summed E-state index contributed by atoms with van der Waals surface area (Å²) in [6.07, 6.45) is 0.0381. The van der Waals surface area contributed by atoms with Crippen molar-refractivity contribution < 1.29 is 18.8 Å². The fourth-order valence-electron chi connectivity index (χ4n) is 2.15. The van der Waals surface area contributed by atoms with E-state index in [4.69, 9.17) is 5.73 Å². The molecule has 2 aromatic rings. The van der Waals surface area contributed by atoms with Crippen LogP contribution in [0.4, 0.5) is 10.1 Å². The number of hydrogen-bond acceptors (Lipinski definition) is 4. The van der Waals surface area contributed by atoms with E-state index in [1.54, 1.807) is 16.8 Å². The van der Waals surface area contributed by atoms with E-state index in [9.17, 15) is 18.8 Å². The predicted octanol–water partition coefficient (Wildman–Crippen LogP) is 1.92. The normalized spacial score (nSPS) is 10.3. The third kappa shape index (κ3) is 5.68. The Labute approximate surface area is 148 Å². The van der Waals surface area contributed by atoms with E-state index >= 15 is 0 Å². The molecule has 0 atom stereocenters. The van der Waals surface area contributed by atoms with Gasteiger partial charge in [-0.25, -0.2) is 4.39 Å². The third-order valence-electron chi connectivity index (χ3n) is 3.43. The average Bonchev–Trinajstić information content (AvgIpc) is 3.11. The molecule has 2 rings (SSSR count). The molecule has 0 bridgehead atoms. The van der Waals surface area contributed by atoms with E-state index in [0.29, 0.717) is 11.3 Å². The first-order valence-electron chi connectivity index (χ1n) is 7.62. The van der Waals surface area contributed by atoms with Crippen molar-refractivity contribution in [2.24, 2.45) is 5.73 Å². The molecule has 25 heavy (non-hydrogen) atoms. The molecular formula is C17H18FN3O3S. The Bertz CT molecular complexity index is 732. The molecule has 0 aliphatic carbocycles. The highest BCUT2D eigenvalue weighted by atomic mass is 32.1. The Hall–Kier alpha value is -2.74. The Balaban J connectivity index is 1.95. The fourth-order valence-corrected chi connectivity index (χ4v) is 2.79. The molecule has 3 amide bonds. The minimum absolute atomic E-state index is 0.00954. The third-order valence-corrected chi connectivity index (χ3v) is 4.11. The molecule has 0 fully saturated rings. The molecule has 1 heterocycles. The molecule has 0 radical (unpaired) electrons. The standard InChI is InChI=1S/C17H18FN3O3S/c18-13-1-3-14(4-2-13)21(9-6-15(19)22)16(23)5-8-20-17(24)12-7-10-25-11-12/h1-4,7,10-11H,5-6,8-9H2,(H2,19,22)(H,20,24). The van der Waals surface area contributed by atoms with E-state index in [1.165, 1.54) is 40.5 Å². The number of rotatable bonds is 8. The maximum atomic E-state index is 13.1. The smallest absolute Gasteiger partial charge is 0.252 e. The summed E-state index contributed by atoms with van der Waals surface area (Å²) in [5, 5.41) is 6.17. The van der Waals surface area contributed by atoms with Gasteiger partial charge in [-0.1, -0.05) is 0 Å². The van der Waals surface area contributed by atoms with Crippen molar-refractivity contribution in [1.29, 1.82) is 0 Å². The zero-order valence-corrected chi connectivity index (χ0v) is 14.2. The van der Waals surface area contributed by atoms with Gasteiger partial charge < -0.3 is 16.0 Å².